The molecule has 1 N–H and O–H groups in total. The fraction of sp³-hybridized carbons (Fsp3) is 0.320. The molecule has 0 spiro atoms. The van der Waals surface area contributed by atoms with E-state index < -0.39 is 11.7 Å². The van der Waals surface area contributed by atoms with Gasteiger partial charge < -0.3 is 14.8 Å². The Morgan fingerprint density at radius 3 is 2.29 bits per heavy atom. The van der Waals surface area contributed by atoms with Crippen LogP contribution in [0.15, 0.2) is 48.7 Å². The maximum Gasteiger partial charge on any atom is 0.296 e. The Kier molecular flexibility index (Phi) is 5.89. The number of nitrogens with one attached hydrogen (secondary N) is 1. The van der Waals surface area contributed by atoms with Gasteiger partial charge in [0.2, 0.25) is 5.91 Å². The predicted octanol–water partition coefficient (Wildman–Crippen LogP) is 4.09. The smallest absolute Gasteiger partial charge is 0.296 e. The number of carbonyl (C=O) groups excluding carboxylic acids is 3. The third kappa shape index (κ3) is 4.24. The van der Waals surface area contributed by atoms with E-state index in [1.807, 2.05) is 61.2 Å². The Morgan fingerprint density at radius 2 is 1.58 bits per heavy atom. The van der Waals surface area contributed by atoms with Crippen LogP contribution in [0.2, 0.25) is 0 Å². The molecule has 0 saturated carbocycles. The highest BCUT2D eigenvalue weighted by molar-refractivity contribution is 6.48. The van der Waals surface area contributed by atoms with Crippen LogP contribution in [0.4, 0.5) is 5.69 Å². The number of aromatic nitrogens is 1. The lowest BCUT2D eigenvalue weighted by Gasteiger charge is -2.27. The molecule has 3 aromatic rings. The minimum Gasteiger partial charge on any atom is -0.341 e. The molecular formula is C25H27N3O3. The van der Waals surface area contributed by atoms with Crippen LogP contribution in [-0.2, 0) is 16.1 Å². The van der Waals surface area contributed by atoms with Crippen molar-refractivity contribution in [1.82, 2.24) is 9.47 Å². The Labute approximate surface area is 181 Å². The van der Waals surface area contributed by atoms with Crippen LogP contribution >= 0.6 is 0 Å². The summed E-state index contributed by atoms with van der Waals surface area (Å²) < 4.78 is 1.78. The number of piperidine rings is 1. The summed E-state index contributed by atoms with van der Waals surface area (Å²) in [6, 6.07) is 13.1. The number of Topliss-reactive ketones (excluding diaryl/α,β-unsaturated/α-hetero) is 1. The van der Waals surface area contributed by atoms with Crippen LogP contribution in [0, 0.1) is 13.8 Å². The number of rotatable bonds is 5. The Morgan fingerprint density at radius 1 is 0.903 bits per heavy atom. The van der Waals surface area contributed by atoms with Gasteiger partial charge in [0.1, 0.15) is 6.54 Å². The molecule has 0 bridgehead atoms. The van der Waals surface area contributed by atoms with Gasteiger partial charge in [-0.3, -0.25) is 14.4 Å². The van der Waals surface area contributed by atoms with Gasteiger partial charge in [0.15, 0.2) is 0 Å². The Bertz CT molecular complexity index is 1140. The van der Waals surface area contributed by atoms with E-state index in [1.165, 1.54) is 0 Å². The lowest BCUT2D eigenvalue weighted by atomic mass is 10.1. The van der Waals surface area contributed by atoms with E-state index in [4.69, 9.17) is 0 Å². The second-order valence-corrected chi connectivity index (χ2v) is 8.18. The molecule has 0 unspecified atom stereocenters. The standard InChI is InChI=1S/C25H27N3O3/c1-17-9-8-10-18(2)23(17)26-25(31)24(30)20-15-28(21-12-5-4-11-19(20)21)16-22(29)27-13-6-3-7-14-27/h4-5,8-12,15H,3,6-7,13-14,16H2,1-2H3,(H,26,31). The third-order valence-corrected chi connectivity index (χ3v) is 5.97. The molecule has 2 amide bonds. The van der Waals surface area contributed by atoms with Gasteiger partial charge in [-0.25, -0.2) is 0 Å². The highest BCUT2D eigenvalue weighted by Gasteiger charge is 2.24. The highest BCUT2D eigenvalue weighted by atomic mass is 16.2. The van der Waals surface area contributed by atoms with Crippen molar-refractivity contribution in [2.45, 2.75) is 39.7 Å². The van der Waals surface area contributed by atoms with Crippen molar-refractivity contribution in [2.24, 2.45) is 0 Å². The van der Waals surface area contributed by atoms with Crippen LogP contribution in [-0.4, -0.2) is 40.2 Å². The number of para-hydroxylation sites is 2. The number of aryl methyl sites for hydroxylation is 2. The summed E-state index contributed by atoms with van der Waals surface area (Å²) >= 11 is 0. The largest absolute Gasteiger partial charge is 0.341 e. The van der Waals surface area contributed by atoms with E-state index >= 15 is 0 Å². The van der Waals surface area contributed by atoms with Crippen molar-refractivity contribution in [3.05, 3.63) is 65.4 Å². The minimum absolute atomic E-state index is 0.0411. The minimum atomic E-state index is -0.678. The molecule has 1 aliphatic heterocycles. The number of fused-ring (bicyclic) bond motifs is 1. The summed E-state index contributed by atoms with van der Waals surface area (Å²) in [5.74, 6) is -1.25. The van der Waals surface area contributed by atoms with E-state index in [1.54, 1.807) is 10.8 Å². The maximum atomic E-state index is 13.1. The first-order valence-electron chi connectivity index (χ1n) is 10.7. The van der Waals surface area contributed by atoms with Gasteiger partial charge in [0.25, 0.3) is 11.7 Å². The second-order valence-electron chi connectivity index (χ2n) is 8.18. The van der Waals surface area contributed by atoms with Gasteiger partial charge in [0, 0.05) is 35.9 Å². The summed E-state index contributed by atoms with van der Waals surface area (Å²) in [5.41, 5.74) is 3.54. The zero-order valence-corrected chi connectivity index (χ0v) is 18.0. The maximum absolute atomic E-state index is 13.1. The molecule has 0 aliphatic carbocycles. The van der Waals surface area contributed by atoms with Crippen molar-refractivity contribution >= 4 is 34.2 Å². The molecule has 160 valence electrons. The van der Waals surface area contributed by atoms with Crippen LogP contribution in [0.3, 0.4) is 0 Å². The molecule has 1 aromatic heterocycles. The molecule has 6 nitrogen and oxygen atoms in total. The number of likely N-dealkylation sites (tertiary alicyclic amines) is 1. The number of nitrogens with zero attached hydrogens (tertiary/aromatic N) is 2. The number of amides is 2. The molecule has 2 aromatic carbocycles. The van der Waals surface area contributed by atoms with E-state index in [0.29, 0.717) is 16.6 Å². The van der Waals surface area contributed by atoms with Crippen LogP contribution in [0.5, 0.6) is 0 Å². The second kappa shape index (κ2) is 8.76. The van der Waals surface area contributed by atoms with Gasteiger partial charge in [-0.1, -0.05) is 36.4 Å². The highest BCUT2D eigenvalue weighted by Crippen LogP contribution is 2.24. The average molecular weight is 418 g/mol. The third-order valence-electron chi connectivity index (χ3n) is 5.97. The number of ketones is 1. The quantitative estimate of drug-likeness (QED) is 0.502. The van der Waals surface area contributed by atoms with Crippen molar-refractivity contribution < 1.29 is 14.4 Å². The summed E-state index contributed by atoms with van der Waals surface area (Å²) in [5, 5.41) is 3.45. The lowest BCUT2D eigenvalue weighted by molar-refractivity contribution is -0.132. The average Bonchev–Trinajstić information content (AvgIpc) is 3.14. The van der Waals surface area contributed by atoms with Crippen LogP contribution in [0.1, 0.15) is 40.7 Å². The number of carbonyl (C=O) groups is 3. The first kappa shape index (κ1) is 20.8. The monoisotopic (exact) mass is 417 g/mol. The van der Waals surface area contributed by atoms with Crippen molar-refractivity contribution in [3.63, 3.8) is 0 Å². The van der Waals surface area contributed by atoms with E-state index in [-0.39, 0.29) is 12.5 Å². The number of hydrogen-bond donors (Lipinski definition) is 1. The zero-order valence-electron chi connectivity index (χ0n) is 18.0. The fourth-order valence-corrected chi connectivity index (χ4v) is 4.25. The summed E-state index contributed by atoms with van der Waals surface area (Å²) in [6.07, 6.45) is 4.85. The molecular weight excluding hydrogens is 390 g/mol. The van der Waals surface area contributed by atoms with Gasteiger partial charge in [-0.2, -0.15) is 0 Å². The Hall–Kier alpha value is -3.41. The van der Waals surface area contributed by atoms with Gasteiger partial charge in [-0.15, -0.1) is 0 Å². The number of benzene rings is 2. The van der Waals surface area contributed by atoms with Gasteiger partial charge >= 0.3 is 0 Å². The van der Waals surface area contributed by atoms with Crippen molar-refractivity contribution in [2.75, 3.05) is 18.4 Å². The van der Waals surface area contributed by atoms with Crippen molar-refractivity contribution in [1.29, 1.82) is 0 Å². The van der Waals surface area contributed by atoms with Gasteiger partial charge in [-0.05, 0) is 50.3 Å². The summed E-state index contributed by atoms with van der Waals surface area (Å²) in [6.45, 7) is 5.51. The normalized spacial score (nSPS) is 13.9. The molecule has 1 fully saturated rings. The molecule has 1 saturated heterocycles. The molecule has 0 radical (unpaired) electrons. The Balaban J connectivity index is 1.61. The fourth-order valence-electron chi connectivity index (χ4n) is 4.25. The zero-order chi connectivity index (χ0) is 22.0. The number of anilines is 1. The summed E-state index contributed by atoms with van der Waals surface area (Å²) in [7, 11) is 0. The topological polar surface area (TPSA) is 71.4 Å². The molecule has 0 atom stereocenters. The SMILES string of the molecule is Cc1cccc(C)c1NC(=O)C(=O)c1cn(CC(=O)N2CCCCC2)c2ccccc12. The molecule has 31 heavy (non-hydrogen) atoms. The predicted molar refractivity (Wildman–Crippen MR) is 121 cm³/mol. The van der Waals surface area contributed by atoms with E-state index in [0.717, 1.165) is 49.0 Å². The summed E-state index contributed by atoms with van der Waals surface area (Å²) in [4.78, 5) is 40.5. The van der Waals surface area contributed by atoms with Crippen LogP contribution < -0.4 is 5.32 Å². The first-order valence-corrected chi connectivity index (χ1v) is 10.7. The van der Waals surface area contributed by atoms with Gasteiger partial charge in [0.05, 0.1) is 5.56 Å². The molecule has 1 aliphatic rings. The molecule has 4 rings (SSSR count). The molecule has 6 heteroatoms. The molecule has 2 heterocycles. The first-order chi connectivity index (χ1) is 15.0. The number of hydrogen-bond acceptors (Lipinski definition) is 3. The van der Waals surface area contributed by atoms with E-state index in [2.05, 4.69) is 5.32 Å². The van der Waals surface area contributed by atoms with Crippen LogP contribution in [0.25, 0.3) is 10.9 Å². The van der Waals surface area contributed by atoms with Crippen molar-refractivity contribution in [3.8, 4) is 0 Å². The van der Waals surface area contributed by atoms with E-state index in [9.17, 15) is 14.4 Å². The lowest BCUT2D eigenvalue weighted by Crippen LogP contribution is -2.37.